The van der Waals surface area contributed by atoms with Crippen molar-refractivity contribution in [3.63, 3.8) is 0 Å². The van der Waals surface area contributed by atoms with Crippen LogP contribution in [0.15, 0.2) is 81.8 Å². The van der Waals surface area contributed by atoms with Crippen LogP contribution in [0.5, 0.6) is 0 Å². The summed E-state index contributed by atoms with van der Waals surface area (Å²) in [6, 6.07) is 17.6. The van der Waals surface area contributed by atoms with E-state index in [-0.39, 0.29) is 17.0 Å². The highest BCUT2D eigenvalue weighted by molar-refractivity contribution is 7.94. The molecule has 0 saturated heterocycles. The van der Waals surface area contributed by atoms with Crippen LogP contribution in [-0.2, 0) is 29.3 Å². The average molecular weight is 498 g/mol. The largest absolute Gasteiger partial charge is 0.348 e. The van der Waals surface area contributed by atoms with E-state index in [1.807, 2.05) is 18.2 Å². The van der Waals surface area contributed by atoms with Crippen molar-refractivity contribution < 1.29 is 13.2 Å². The van der Waals surface area contributed by atoms with Gasteiger partial charge < -0.3 is 10.3 Å². The summed E-state index contributed by atoms with van der Waals surface area (Å²) in [7, 11) is -3.66. The van der Waals surface area contributed by atoms with Gasteiger partial charge in [0.05, 0.1) is 4.90 Å². The summed E-state index contributed by atoms with van der Waals surface area (Å²) in [5.41, 5.74) is 2.51. The normalized spacial score (nSPS) is 14.1. The molecule has 3 aromatic rings. The standard InChI is InChI=1S/C25H24ClN3O4S/c26-20-7-9-21(10-8-20)34(32,33)14-4-12-27-24(30)22-15-19-17-29(13-11-23(19)28-25(22)31)16-18-5-2-1-3-6-18/h1-10,14-15H,11-13,16-17H2,(H,27,30)(H,28,31)/b14-4+. The number of sulfone groups is 1. The number of halogens is 1. The fourth-order valence-electron chi connectivity index (χ4n) is 3.84. The zero-order valence-corrected chi connectivity index (χ0v) is 19.9. The lowest BCUT2D eigenvalue weighted by molar-refractivity contribution is 0.0956. The zero-order chi connectivity index (χ0) is 24.1. The molecule has 0 unspecified atom stereocenters. The number of hydrogen-bond donors (Lipinski definition) is 2. The van der Waals surface area contributed by atoms with E-state index < -0.39 is 21.3 Å². The quantitative estimate of drug-likeness (QED) is 0.521. The first-order valence-corrected chi connectivity index (χ1v) is 12.7. The molecular weight excluding hydrogens is 474 g/mol. The molecule has 0 radical (unpaired) electrons. The number of aromatic nitrogens is 1. The van der Waals surface area contributed by atoms with Crippen LogP contribution in [0.2, 0.25) is 5.02 Å². The fourth-order valence-corrected chi connectivity index (χ4v) is 4.98. The maximum Gasteiger partial charge on any atom is 0.261 e. The molecule has 176 valence electrons. The van der Waals surface area contributed by atoms with E-state index in [1.54, 1.807) is 6.07 Å². The Hall–Kier alpha value is -3.20. The highest BCUT2D eigenvalue weighted by Crippen LogP contribution is 2.19. The molecule has 0 bridgehead atoms. The van der Waals surface area contributed by atoms with Crippen molar-refractivity contribution in [1.82, 2.24) is 15.2 Å². The first kappa shape index (κ1) is 23.9. The molecule has 0 saturated carbocycles. The minimum Gasteiger partial charge on any atom is -0.348 e. The van der Waals surface area contributed by atoms with Gasteiger partial charge in [-0.3, -0.25) is 14.5 Å². The lowest BCUT2D eigenvalue weighted by Crippen LogP contribution is -2.35. The molecule has 0 aliphatic carbocycles. The molecule has 9 heteroatoms. The van der Waals surface area contributed by atoms with Crippen molar-refractivity contribution in [2.75, 3.05) is 13.1 Å². The molecule has 0 fully saturated rings. The number of H-pyrrole nitrogens is 1. The summed E-state index contributed by atoms with van der Waals surface area (Å²) in [6.07, 6.45) is 2.03. The molecule has 0 spiro atoms. The maximum absolute atomic E-state index is 12.6. The Morgan fingerprint density at radius 2 is 1.85 bits per heavy atom. The van der Waals surface area contributed by atoms with Gasteiger partial charge in [0, 0.05) is 48.7 Å². The molecule has 0 atom stereocenters. The van der Waals surface area contributed by atoms with Crippen LogP contribution >= 0.6 is 11.6 Å². The number of amides is 1. The number of carbonyl (C=O) groups excluding carboxylic acids is 1. The Balaban J connectivity index is 1.40. The molecule has 2 heterocycles. The number of carbonyl (C=O) groups is 1. The molecule has 1 aliphatic heterocycles. The van der Waals surface area contributed by atoms with E-state index in [4.69, 9.17) is 11.6 Å². The third-order valence-corrected chi connectivity index (χ3v) is 7.31. The first-order valence-electron chi connectivity index (χ1n) is 10.8. The van der Waals surface area contributed by atoms with Gasteiger partial charge in [-0.25, -0.2) is 8.42 Å². The Kier molecular flexibility index (Phi) is 7.31. The minimum atomic E-state index is -3.66. The smallest absolute Gasteiger partial charge is 0.261 e. The van der Waals surface area contributed by atoms with E-state index in [0.29, 0.717) is 18.0 Å². The molecule has 4 rings (SSSR count). The zero-order valence-electron chi connectivity index (χ0n) is 18.3. The topological polar surface area (TPSA) is 99.3 Å². The second-order valence-corrected chi connectivity index (χ2v) is 10.3. The van der Waals surface area contributed by atoms with Crippen molar-refractivity contribution in [1.29, 1.82) is 0 Å². The number of aromatic amines is 1. The van der Waals surface area contributed by atoms with Gasteiger partial charge in [-0.1, -0.05) is 48.0 Å². The van der Waals surface area contributed by atoms with Crippen molar-refractivity contribution in [2.24, 2.45) is 0 Å². The van der Waals surface area contributed by atoms with Crippen molar-refractivity contribution in [3.8, 4) is 0 Å². The van der Waals surface area contributed by atoms with Gasteiger partial charge in [0.15, 0.2) is 9.84 Å². The number of nitrogens with zero attached hydrogens (tertiary/aromatic N) is 1. The van der Waals surface area contributed by atoms with Crippen LogP contribution in [-0.4, -0.2) is 37.3 Å². The van der Waals surface area contributed by atoms with Gasteiger partial charge in [0.25, 0.3) is 11.5 Å². The molecular formula is C25H24ClN3O4S. The molecule has 2 aromatic carbocycles. The SMILES string of the molecule is O=C(NC/C=C/S(=O)(=O)c1ccc(Cl)cc1)c1cc2c([nH]c1=O)CCN(Cc1ccccc1)C2. The van der Waals surface area contributed by atoms with E-state index in [2.05, 4.69) is 27.3 Å². The summed E-state index contributed by atoms with van der Waals surface area (Å²) < 4.78 is 24.7. The van der Waals surface area contributed by atoms with Crippen LogP contribution in [0.4, 0.5) is 0 Å². The number of fused-ring (bicyclic) bond motifs is 1. The van der Waals surface area contributed by atoms with Crippen LogP contribution in [0, 0.1) is 0 Å². The second kappa shape index (κ2) is 10.4. The molecule has 2 N–H and O–H groups in total. The lowest BCUT2D eigenvalue weighted by atomic mass is 10.0. The van der Waals surface area contributed by atoms with Crippen LogP contribution in [0.25, 0.3) is 0 Å². The Morgan fingerprint density at radius 1 is 1.12 bits per heavy atom. The highest BCUT2D eigenvalue weighted by atomic mass is 35.5. The predicted molar refractivity (Wildman–Crippen MR) is 131 cm³/mol. The molecule has 1 amide bonds. The predicted octanol–water partition coefficient (Wildman–Crippen LogP) is 3.30. The number of pyridine rings is 1. The van der Waals surface area contributed by atoms with Gasteiger partial charge in [0.1, 0.15) is 5.56 Å². The maximum atomic E-state index is 12.6. The molecule has 1 aliphatic rings. The third kappa shape index (κ3) is 5.83. The number of benzene rings is 2. The van der Waals surface area contributed by atoms with Crippen LogP contribution in [0.3, 0.4) is 0 Å². The Morgan fingerprint density at radius 3 is 2.59 bits per heavy atom. The average Bonchev–Trinajstić information content (AvgIpc) is 2.82. The minimum absolute atomic E-state index is 0.00858. The van der Waals surface area contributed by atoms with Gasteiger partial charge in [-0.2, -0.15) is 0 Å². The van der Waals surface area contributed by atoms with Gasteiger partial charge >= 0.3 is 0 Å². The van der Waals surface area contributed by atoms with E-state index in [0.717, 1.165) is 29.8 Å². The van der Waals surface area contributed by atoms with E-state index in [1.165, 1.54) is 35.9 Å². The Labute approximate surface area is 203 Å². The van der Waals surface area contributed by atoms with E-state index in [9.17, 15) is 18.0 Å². The number of nitrogens with one attached hydrogen (secondary N) is 2. The monoisotopic (exact) mass is 497 g/mol. The summed E-state index contributed by atoms with van der Waals surface area (Å²) >= 11 is 5.79. The van der Waals surface area contributed by atoms with Crippen molar-refractivity contribution in [3.05, 3.63) is 110 Å². The van der Waals surface area contributed by atoms with Gasteiger partial charge in [-0.15, -0.1) is 0 Å². The van der Waals surface area contributed by atoms with E-state index >= 15 is 0 Å². The fraction of sp³-hybridized carbons (Fsp3) is 0.200. The van der Waals surface area contributed by atoms with Gasteiger partial charge in [-0.05, 0) is 41.5 Å². The third-order valence-electron chi connectivity index (χ3n) is 5.58. The van der Waals surface area contributed by atoms with Crippen molar-refractivity contribution >= 4 is 27.3 Å². The lowest BCUT2D eigenvalue weighted by Gasteiger charge is -2.28. The molecule has 7 nitrogen and oxygen atoms in total. The number of hydrogen-bond acceptors (Lipinski definition) is 5. The summed E-state index contributed by atoms with van der Waals surface area (Å²) in [4.78, 5) is 30.3. The summed E-state index contributed by atoms with van der Waals surface area (Å²) in [5, 5.41) is 4.05. The Bertz CT molecular complexity index is 1370. The molecule has 1 aromatic heterocycles. The van der Waals surface area contributed by atoms with Gasteiger partial charge in [0.2, 0.25) is 0 Å². The first-order chi connectivity index (χ1) is 16.3. The van der Waals surface area contributed by atoms with Crippen LogP contribution < -0.4 is 10.9 Å². The summed E-state index contributed by atoms with van der Waals surface area (Å²) in [5.74, 6) is -0.558. The van der Waals surface area contributed by atoms with Crippen LogP contribution in [0.1, 0.15) is 27.2 Å². The summed E-state index contributed by atoms with van der Waals surface area (Å²) in [6.45, 7) is 2.19. The van der Waals surface area contributed by atoms with Crippen molar-refractivity contribution in [2.45, 2.75) is 24.4 Å². The second-order valence-electron chi connectivity index (χ2n) is 8.04. The molecule has 34 heavy (non-hydrogen) atoms. The highest BCUT2D eigenvalue weighted by Gasteiger charge is 2.21. The number of rotatable bonds is 7.